The maximum atomic E-state index is 14.3. The summed E-state index contributed by atoms with van der Waals surface area (Å²) in [5.41, 5.74) is 2.80. The van der Waals surface area contributed by atoms with Crippen molar-refractivity contribution in [1.82, 2.24) is 19.4 Å². The van der Waals surface area contributed by atoms with Gasteiger partial charge in [0.2, 0.25) is 11.8 Å². The van der Waals surface area contributed by atoms with Gasteiger partial charge >= 0.3 is 0 Å². The molecule has 0 saturated carbocycles. The van der Waals surface area contributed by atoms with Crippen molar-refractivity contribution >= 4 is 20.3 Å². The van der Waals surface area contributed by atoms with Crippen LogP contribution in [0.15, 0.2) is 42.4 Å². The van der Waals surface area contributed by atoms with Crippen LogP contribution < -0.4 is 4.74 Å². The van der Waals surface area contributed by atoms with Crippen LogP contribution in [0.3, 0.4) is 0 Å². The molecule has 1 unspecified atom stereocenters. The van der Waals surface area contributed by atoms with Crippen molar-refractivity contribution in [3.63, 3.8) is 0 Å². The highest BCUT2D eigenvalue weighted by atomic mass is 28.4. The van der Waals surface area contributed by atoms with E-state index in [0.29, 0.717) is 55.2 Å². The lowest BCUT2D eigenvalue weighted by molar-refractivity contribution is -0.131. The van der Waals surface area contributed by atoms with Gasteiger partial charge in [-0.3, -0.25) is 4.79 Å². The third-order valence-electron chi connectivity index (χ3n) is 8.18. The first-order chi connectivity index (χ1) is 19.7. The fourth-order valence-electron chi connectivity index (χ4n) is 4.78. The highest BCUT2D eigenvalue weighted by Gasteiger charge is 2.38. The second-order valence-electron chi connectivity index (χ2n) is 12.2. The molecule has 0 aliphatic carbocycles. The number of amides is 1. The van der Waals surface area contributed by atoms with Crippen molar-refractivity contribution < 1.29 is 27.1 Å². The predicted octanol–water partition coefficient (Wildman–Crippen LogP) is 7.16. The first-order valence-electron chi connectivity index (χ1n) is 14.1. The van der Waals surface area contributed by atoms with Gasteiger partial charge in [0, 0.05) is 24.9 Å². The zero-order valence-electron chi connectivity index (χ0n) is 25.3. The molecule has 4 rings (SSSR count). The van der Waals surface area contributed by atoms with E-state index in [1.807, 2.05) is 23.8 Å². The number of aryl methyl sites for hydroxylation is 1. The number of piperidine rings is 1. The number of hydrogen-bond donors (Lipinski definition) is 0. The second kappa shape index (κ2) is 12.4. The largest absolute Gasteiger partial charge is 0.479 e. The summed E-state index contributed by atoms with van der Waals surface area (Å²) in [7, 11) is -0.595. The standard InChI is InChI=1S/C31H39F3N4O3Si/c1-20-18-37(19-35-20)27-11-10-23(36-29(27)40-5)15-21-9-8-13-38(30(21)39)26(12-14-41-42(6,7)31(2,3)4)22-16-24(32)28(34)25(33)17-22/h10-11,15-19,26H,8-9,12-14H2,1-7H3. The van der Waals surface area contributed by atoms with E-state index in [9.17, 15) is 18.0 Å². The molecule has 0 spiro atoms. The Morgan fingerprint density at radius 3 is 2.43 bits per heavy atom. The molecule has 42 heavy (non-hydrogen) atoms. The molecule has 0 N–H and O–H groups in total. The van der Waals surface area contributed by atoms with Gasteiger partial charge in [-0.2, -0.15) is 0 Å². The van der Waals surface area contributed by atoms with E-state index < -0.39 is 31.8 Å². The van der Waals surface area contributed by atoms with Crippen LogP contribution in [0, 0.1) is 24.4 Å². The number of likely N-dealkylation sites (tertiary alicyclic amines) is 1. The summed E-state index contributed by atoms with van der Waals surface area (Å²) in [5, 5.41) is -0.0340. The summed E-state index contributed by atoms with van der Waals surface area (Å²) in [6.45, 7) is 13.2. The smallest absolute Gasteiger partial charge is 0.250 e. The van der Waals surface area contributed by atoms with Crippen molar-refractivity contribution in [3.8, 4) is 11.6 Å². The predicted molar refractivity (Wildman–Crippen MR) is 158 cm³/mol. The Bertz CT molecular complexity index is 1460. The van der Waals surface area contributed by atoms with E-state index in [1.165, 1.54) is 7.11 Å². The van der Waals surface area contributed by atoms with Gasteiger partial charge in [-0.1, -0.05) is 20.8 Å². The van der Waals surface area contributed by atoms with Crippen LogP contribution in [0.4, 0.5) is 13.2 Å². The van der Waals surface area contributed by atoms with Crippen LogP contribution in [0.25, 0.3) is 11.8 Å². The Hall–Kier alpha value is -3.44. The third kappa shape index (κ3) is 6.78. The molecule has 1 aliphatic heterocycles. The first-order valence-corrected chi connectivity index (χ1v) is 17.0. The van der Waals surface area contributed by atoms with E-state index in [2.05, 4.69) is 43.8 Å². The highest BCUT2D eigenvalue weighted by molar-refractivity contribution is 6.74. The van der Waals surface area contributed by atoms with E-state index >= 15 is 0 Å². The molecule has 1 saturated heterocycles. The SMILES string of the molecule is COc1nc(C=C2CCCN(C(CCO[Si](C)(C)C(C)(C)C)c3cc(F)c(F)c(F)c3)C2=O)ccc1-n1cnc(C)c1. The van der Waals surface area contributed by atoms with Crippen LogP contribution in [-0.4, -0.2) is 53.9 Å². The Balaban J connectivity index is 1.64. The summed E-state index contributed by atoms with van der Waals surface area (Å²) in [4.78, 5) is 24.3. The Morgan fingerprint density at radius 1 is 1.14 bits per heavy atom. The monoisotopic (exact) mass is 600 g/mol. The highest BCUT2D eigenvalue weighted by Crippen LogP contribution is 2.38. The quantitative estimate of drug-likeness (QED) is 0.148. The number of rotatable bonds is 9. The molecule has 0 radical (unpaired) electrons. The number of benzene rings is 1. The zero-order chi connectivity index (χ0) is 30.8. The molecule has 226 valence electrons. The third-order valence-corrected chi connectivity index (χ3v) is 12.7. The Labute approximate surface area is 246 Å². The van der Waals surface area contributed by atoms with Gasteiger partial charge in [-0.15, -0.1) is 0 Å². The molecule has 3 aromatic rings. The number of aromatic nitrogens is 3. The number of carbonyl (C=O) groups excluding carboxylic acids is 1. The fourth-order valence-corrected chi connectivity index (χ4v) is 5.84. The molecule has 1 aromatic carbocycles. The van der Waals surface area contributed by atoms with Crippen LogP contribution in [0.1, 0.15) is 63.0 Å². The topological polar surface area (TPSA) is 69.5 Å². The van der Waals surface area contributed by atoms with Gasteiger partial charge < -0.3 is 18.6 Å². The lowest BCUT2D eigenvalue weighted by Gasteiger charge is -2.39. The minimum absolute atomic E-state index is 0.0340. The number of halogens is 3. The fraction of sp³-hybridized carbons (Fsp3) is 0.452. The molecular formula is C31H39F3N4O3Si. The minimum Gasteiger partial charge on any atom is -0.479 e. The average molecular weight is 601 g/mol. The number of hydrogen-bond acceptors (Lipinski definition) is 5. The van der Waals surface area contributed by atoms with Crippen molar-refractivity contribution in [1.29, 1.82) is 0 Å². The summed E-state index contributed by atoms with van der Waals surface area (Å²) in [6, 6.07) is 4.88. The molecule has 0 bridgehead atoms. The van der Waals surface area contributed by atoms with Crippen LogP contribution >= 0.6 is 0 Å². The normalized spacial score (nSPS) is 16.3. The number of carbonyl (C=O) groups is 1. The number of methoxy groups -OCH3 is 1. The van der Waals surface area contributed by atoms with Gasteiger partial charge in [-0.25, -0.2) is 23.1 Å². The van der Waals surface area contributed by atoms with Crippen molar-refractivity contribution in [2.45, 2.75) is 71.1 Å². The minimum atomic E-state index is -2.12. The number of ether oxygens (including phenoxy) is 1. The molecule has 1 amide bonds. The van der Waals surface area contributed by atoms with Crippen molar-refractivity contribution in [2.24, 2.45) is 0 Å². The summed E-state index contributed by atoms with van der Waals surface area (Å²) in [6.07, 6.45) is 6.71. The molecule has 2 aromatic heterocycles. The lowest BCUT2D eigenvalue weighted by atomic mass is 9.95. The summed E-state index contributed by atoms with van der Waals surface area (Å²) < 4.78 is 56.2. The van der Waals surface area contributed by atoms with E-state index in [1.54, 1.807) is 23.4 Å². The second-order valence-corrected chi connectivity index (χ2v) is 17.0. The van der Waals surface area contributed by atoms with Crippen LogP contribution in [-0.2, 0) is 9.22 Å². The maximum Gasteiger partial charge on any atom is 0.250 e. The van der Waals surface area contributed by atoms with E-state index in [0.717, 1.165) is 17.8 Å². The van der Waals surface area contributed by atoms with Gasteiger partial charge in [0.15, 0.2) is 25.8 Å². The molecule has 11 heteroatoms. The van der Waals surface area contributed by atoms with Crippen molar-refractivity contribution in [2.75, 3.05) is 20.3 Å². The molecule has 7 nitrogen and oxygen atoms in total. The van der Waals surface area contributed by atoms with Gasteiger partial charge in [0.1, 0.15) is 5.69 Å². The molecule has 3 heterocycles. The Kier molecular flexibility index (Phi) is 9.32. The van der Waals surface area contributed by atoms with Gasteiger partial charge in [-0.05, 0) is 80.2 Å². The molecule has 1 atom stereocenters. The number of nitrogens with zero attached hydrogens (tertiary/aromatic N) is 4. The van der Waals surface area contributed by atoms with Crippen LogP contribution in [0.5, 0.6) is 5.88 Å². The van der Waals surface area contributed by atoms with Gasteiger partial charge in [0.05, 0.1) is 30.9 Å². The number of imidazole rings is 1. The average Bonchev–Trinajstić information content (AvgIpc) is 3.36. The molecular weight excluding hydrogens is 561 g/mol. The first kappa shape index (κ1) is 31.5. The zero-order valence-corrected chi connectivity index (χ0v) is 26.3. The molecule has 1 aliphatic rings. The van der Waals surface area contributed by atoms with E-state index in [4.69, 9.17) is 9.16 Å². The van der Waals surface area contributed by atoms with Crippen LogP contribution in [0.2, 0.25) is 18.1 Å². The summed E-state index contributed by atoms with van der Waals surface area (Å²) >= 11 is 0. The maximum absolute atomic E-state index is 14.3. The lowest BCUT2D eigenvalue weighted by Crippen LogP contribution is -2.43. The Morgan fingerprint density at radius 2 is 1.83 bits per heavy atom. The number of pyridine rings is 1. The van der Waals surface area contributed by atoms with E-state index in [-0.39, 0.29) is 16.5 Å². The summed E-state index contributed by atoms with van der Waals surface area (Å²) in [5.74, 6) is -4.00. The van der Waals surface area contributed by atoms with Crippen molar-refractivity contribution in [3.05, 3.63) is 76.8 Å². The molecule has 1 fully saturated rings. The van der Waals surface area contributed by atoms with Gasteiger partial charge in [0.25, 0.3) is 0 Å².